The number of anilines is 1. The smallest absolute Gasteiger partial charge is 0.320 e. The molecule has 0 aromatic heterocycles. The number of benzene rings is 2. The number of aliphatic carboxylic acids is 1. The van der Waals surface area contributed by atoms with Gasteiger partial charge in [0.25, 0.3) is 0 Å². The number of para-hydroxylation sites is 1. The van der Waals surface area contributed by atoms with E-state index in [0.29, 0.717) is 12.3 Å². The molecule has 1 aliphatic carbocycles. The molecule has 5 nitrogen and oxygen atoms in total. The van der Waals surface area contributed by atoms with E-state index in [4.69, 9.17) is 0 Å². The molecule has 1 heterocycles. The lowest BCUT2D eigenvalue weighted by Gasteiger charge is -2.32. The minimum Gasteiger partial charge on any atom is -0.480 e. The number of carbonyl (C=O) groups is 2. The second-order valence-corrected chi connectivity index (χ2v) is 8.24. The van der Waals surface area contributed by atoms with Gasteiger partial charge in [-0.3, -0.25) is 14.5 Å². The molecule has 1 saturated carbocycles. The number of carboxylic acid groups (broad SMARTS) is 1. The Morgan fingerprint density at radius 2 is 1.72 bits per heavy atom. The van der Waals surface area contributed by atoms with Crippen molar-refractivity contribution in [2.75, 3.05) is 11.9 Å². The summed E-state index contributed by atoms with van der Waals surface area (Å²) in [5, 5.41) is 12.7. The number of likely N-dealkylation sites (tertiary alicyclic amines) is 1. The predicted octanol–water partition coefficient (Wildman–Crippen LogP) is 3.93. The van der Waals surface area contributed by atoms with E-state index in [1.807, 2.05) is 47.4 Å². The van der Waals surface area contributed by atoms with Crippen LogP contribution in [0.2, 0.25) is 0 Å². The molecule has 1 amide bonds. The summed E-state index contributed by atoms with van der Waals surface area (Å²) in [5.41, 5.74) is 3.04. The maximum atomic E-state index is 12.9. The van der Waals surface area contributed by atoms with Crippen LogP contribution in [0.4, 0.5) is 5.69 Å². The Morgan fingerprint density at radius 1 is 1.00 bits per heavy atom. The zero-order chi connectivity index (χ0) is 20.2. The highest BCUT2D eigenvalue weighted by Gasteiger charge is 2.45. The predicted molar refractivity (Wildman–Crippen MR) is 113 cm³/mol. The van der Waals surface area contributed by atoms with Gasteiger partial charge in [0.2, 0.25) is 5.91 Å². The molecule has 3 unspecified atom stereocenters. The molecule has 0 bridgehead atoms. The summed E-state index contributed by atoms with van der Waals surface area (Å²) < 4.78 is 0. The summed E-state index contributed by atoms with van der Waals surface area (Å²) in [6.45, 7) is 0.137. The van der Waals surface area contributed by atoms with E-state index in [0.717, 1.165) is 36.9 Å². The third-order valence-electron chi connectivity index (χ3n) is 6.36. The third kappa shape index (κ3) is 4.51. The van der Waals surface area contributed by atoms with Gasteiger partial charge in [0, 0.05) is 11.7 Å². The number of carbonyl (C=O) groups excluding carboxylic acids is 1. The highest BCUT2D eigenvalue weighted by molar-refractivity contribution is 5.93. The zero-order valence-electron chi connectivity index (χ0n) is 16.6. The van der Waals surface area contributed by atoms with Gasteiger partial charge < -0.3 is 10.4 Å². The first-order valence-corrected chi connectivity index (χ1v) is 10.5. The van der Waals surface area contributed by atoms with E-state index in [-0.39, 0.29) is 18.5 Å². The molecule has 5 heteroatoms. The van der Waals surface area contributed by atoms with Gasteiger partial charge in [0.15, 0.2) is 0 Å². The fourth-order valence-corrected chi connectivity index (χ4v) is 4.99. The molecule has 3 atom stereocenters. The maximum absolute atomic E-state index is 12.9. The normalized spacial score (nSPS) is 24.1. The van der Waals surface area contributed by atoms with Crippen LogP contribution >= 0.6 is 0 Å². The van der Waals surface area contributed by atoms with Crippen molar-refractivity contribution in [2.45, 2.75) is 50.6 Å². The van der Waals surface area contributed by atoms with Crippen LogP contribution in [0.1, 0.15) is 43.2 Å². The van der Waals surface area contributed by atoms with Crippen LogP contribution in [0, 0.1) is 5.92 Å². The highest BCUT2D eigenvalue weighted by atomic mass is 16.4. The summed E-state index contributed by atoms with van der Waals surface area (Å²) in [6, 6.07) is 17.7. The fourth-order valence-electron chi connectivity index (χ4n) is 4.99. The molecular formula is C24H28N2O3. The Hall–Kier alpha value is -2.66. The molecule has 2 aliphatic rings. The quantitative estimate of drug-likeness (QED) is 0.781. The molecule has 1 aliphatic heterocycles. The van der Waals surface area contributed by atoms with E-state index >= 15 is 0 Å². The van der Waals surface area contributed by atoms with Crippen LogP contribution in [-0.4, -0.2) is 40.5 Å². The lowest BCUT2D eigenvalue weighted by Crippen LogP contribution is -2.46. The molecule has 4 rings (SSSR count). The van der Waals surface area contributed by atoms with Crippen molar-refractivity contribution in [1.82, 2.24) is 4.90 Å². The Kier molecular flexibility index (Phi) is 5.95. The van der Waals surface area contributed by atoms with Crippen molar-refractivity contribution >= 4 is 17.6 Å². The van der Waals surface area contributed by atoms with Crippen LogP contribution in [-0.2, 0) is 16.0 Å². The van der Waals surface area contributed by atoms with Crippen LogP contribution < -0.4 is 5.32 Å². The molecule has 2 N–H and O–H groups in total. The molecule has 0 radical (unpaired) electrons. The lowest BCUT2D eigenvalue weighted by molar-refractivity contribution is -0.143. The molecule has 29 heavy (non-hydrogen) atoms. The van der Waals surface area contributed by atoms with Crippen molar-refractivity contribution in [3.05, 3.63) is 65.7 Å². The average Bonchev–Trinajstić information content (AvgIpc) is 3.09. The molecule has 2 fully saturated rings. The Balaban J connectivity index is 1.46. The van der Waals surface area contributed by atoms with E-state index in [1.54, 1.807) is 0 Å². The number of rotatable bonds is 6. The van der Waals surface area contributed by atoms with Gasteiger partial charge in [-0.05, 0) is 48.8 Å². The third-order valence-corrected chi connectivity index (χ3v) is 6.36. The van der Waals surface area contributed by atoms with Gasteiger partial charge >= 0.3 is 5.97 Å². The molecule has 0 spiro atoms. The molecular weight excluding hydrogens is 364 g/mol. The number of fused-ring (bicyclic) bond motifs is 1. The summed E-state index contributed by atoms with van der Waals surface area (Å²) in [7, 11) is 0. The minimum atomic E-state index is -0.809. The number of amides is 1. The number of hydrogen-bond acceptors (Lipinski definition) is 3. The second-order valence-electron chi connectivity index (χ2n) is 8.24. The van der Waals surface area contributed by atoms with E-state index in [2.05, 4.69) is 17.4 Å². The first kappa shape index (κ1) is 19.6. The zero-order valence-corrected chi connectivity index (χ0v) is 16.6. The fraction of sp³-hybridized carbons (Fsp3) is 0.417. The topological polar surface area (TPSA) is 69.6 Å². The van der Waals surface area contributed by atoms with Crippen molar-refractivity contribution in [1.29, 1.82) is 0 Å². The van der Waals surface area contributed by atoms with Gasteiger partial charge in [0.1, 0.15) is 6.04 Å². The van der Waals surface area contributed by atoms with Gasteiger partial charge in [0.05, 0.1) is 6.54 Å². The standard InChI is InChI=1S/C24H28N2O3/c27-23(16-26-21-13-7-5-11-19(21)15-22(26)24(28)29)25-20-12-6-4-10-18(20)14-17-8-2-1-3-9-17/h1-4,6,8-10,12,19,21-22H,5,7,11,13-16H2,(H,25,27)(H,28,29). The van der Waals surface area contributed by atoms with Crippen LogP contribution in [0.3, 0.4) is 0 Å². The average molecular weight is 392 g/mol. The van der Waals surface area contributed by atoms with E-state index in [9.17, 15) is 14.7 Å². The van der Waals surface area contributed by atoms with Crippen LogP contribution in [0.5, 0.6) is 0 Å². The summed E-state index contributed by atoms with van der Waals surface area (Å²) in [6.07, 6.45) is 5.76. The lowest BCUT2D eigenvalue weighted by atomic mass is 9.85. The summed E-state index contributed by atoms with van der Waals surface area (Å²) >= 11 is 0. The van der Waals surface area contributed by atoms with E-state index in [1.165, 1.54) is 12.0 Å². The molecule has 2 aromatic rings. The number of hydrogen-bond donors (Lipinski definition) is 2. The first-order valence-electron chi connectivity index (χ1n) is 10.5. The second kappa shape index (κ2) is 8.78. The molecule has 1 saturated heterocycles. The van der Waals surface area contributed by atoms with Gasteiger partial charge in [-0.2, -0.15) is 0 Å². The van der Waals surface area contributed by atoms with Crippen molar-refractivity contribution < 1.29 is 14.7 Å². The highest BCUT2D eigenvalue weighted by Crippen LogP contribution is 2.39. The van der Waals surface area contributed by atoms with Crippen LogP contribution in [0.25, 0.3) is 0 Å². The van der Waals surface area contributed by atoms with Crippen molar-refractivity contribution in [2.24, 2.45) is 5.92 Å². The molecule has 152 valence electrons. The van der Waals surface area contributed by atoms with Crippen LogP contribution in [0.15, 0.2) is 54.6 Å². The Morgan fingerprint density at radius 3 is 2.52 bits per heavy atom. The SMILES string of the molecule is O=C(CN1C(C(=O)O)CC2CCCCC21)Nc1ccccc1Cc1ccccc1. The Labute approximate surface area is 171 Å². The maximum Gasteiger partial charge on any atom is 0.320 e. The number of nitrogens with one attached hydrogen (secondary N) is 1. The number of nitrogens with zero attached hydrogens (tertiary/aromatic N) is 1. The van der Waals surface area contributed by atoms with E-state index < -0.39 is 12.0 Å². The first-order chi connectivity index (χ1) is 14.1. The summed E-state index contributed by atoms with van der Waals surface area (Å²) in [4.78, 5) is 26.6. The minimum absolute atomic E-state index is 0.136. The molecule has 2 aromatic carbocycles. The monoisotopic (exact) mass is 392 g/mol. The summed E-state index contributed by atoms with van der Waals surface area (Å²) in [5.74, 6) is -0.539. The van der Waals surface area contributed by atoms with Gasteiger partial charge in [-0.1, -0.05) is 61.4 Å². The Bertz CT molecular complexity index is 867. The van der Waals surface area contributed by atoms with Crippen molar-refractivity contribution in [3.63, 3.8) is 0 Å². The van der Waals surface area contributed by atoms with Gasteiger partial charge in [-0.25, -0.2) is 0 Å². The van der Waals surface area contributed by atoms with Gasteiger partial charge in [-0.15, -0.1) is 0 Å². The number of carboxylic acids is 1. The van der Waals surface area contributed by atoms with Crippen molar-refractivity contribution in [3.8, 4) is 0 Å². The largest absolute Gasteiger partial charge is 0.480 e.